The normalized spacial score (nSPS) is 10.3. The molecule has 0 amide bonds. The number of nitrogens with two attached hydrogens (primary N) is 1. The molecule has 0 radical (unpaired) electrons. The van der Waals surface area contributed by atoms with Gasteiger partial charge in [-0.2, -0.15) is 9.97 Å². The van der Waals surface area contributed by atoms with Crippen molar-refractivity contribution in [3.05, 3.63) is 41.5 Å². The molecule has 0 unspecified atom stereocenters. The molecule has 1 aromatic heterocycles. The highest BCUT2D eigenvalue weighted by Crippen LogP contribution is 2.19. The molecule has 2 rings (SSSR count). The van der Waals surface area contributed by atoms with Gasteiger partial charge in [0.1, 0.15) is 5.82 Å². The molecule has 1 aromatic carbocycles. The Hall–Kier alpha value is -2.30. The number of ether oxygens (including phenoxy) is 1. The van der Waals surface area contributed by atoms with Gasteiger partial charge < -0.3 is 15.4 Å². The van der Waals surface area contributed by atoms with Crippen molar-refractivity contribution in [2.24, 2.45) is 0 Å². The molecule has 0 aliphatic carbocycles. The molecule has 2 N–H and O–H groups in total. The maximum Gasteiger partial charge on any atom is 0.225 e. The molecule has 0 aliphatic heterocycles. The first-order chi connectivity index (χ1) is 9.08. The Morgan fingerprint density at radius 3 is 2.53 bits per heavy atom. The number of methoxy groups -OCH3 is 1. The molecule has 0 bridgehead atoms. The van der Waals surface area contributed by atoms with Crippen molar-refractivity contribution >= 4 is 11.8 Å². The van der Waals surface area contributed by atoms with Crippen LogP contribution in [0.3, 0.4) is 0 Å². The average Bonchev–Trinajstić information content (AvgIpc) is 2.40. The minimum absolute atomic E-state index is 0.213. The van der Waals surface area contributed by atoms with Gasteiger partial charge in [0, 0.05) is 19.7 Å². The number of nitrogens with zero attached hydrogens (tertiary/aromatic N) is 3. The van der Waals surface area contributed by atoms with Crippen molar-refractivity contribution in [1.82, 2.24) is 9.97 Å². The SMILES string of the molecule is COc1cc(N(C)Cc2ccc(C)cc2)nc(N)n1. The van der Waals surface area contributed by atoms with E-state index >= 15 is 0 Å². The molecule has 0 saturated carbocycles. The van der Waals surface area contributed by atoms with Crippen molar-refractivity contribution in [2.45, 2.75) is 13.5 Å². The molecule has 2 aromatic rings. The van der Waals surface area contributed by atoms with E-state index in [1.807, 2.05) is 11.9 Å². The topological polar surface area (TPSA) is 64.3 Å². The molecule has 0 saturated heterocycles. The van der Waals surface area contributed by atoms with Gasteiger partial charge in [0.2, 0.25) is 11.8 Å². The van der Waals surface area contributed by atoms with E-state index in [9.17, 15) is 0 Å². The maximum absolute atomic E-state index is 5.66. The van der Waals surface area contributed by atoms with Crippen LogP contribution in [-0.2, 0) is 6.54 Å². The molecular weight excluding hydrogens is 240 g/mol. The van der Waals surface area contributed by atoms with Gasteiger partial charge in [-0.3, -0.25) is 0 Å². The summed E-state index contributed by atoms with van der Waals surface area (Å²) < 4.78 is 5.09. The van der Waals surface area contributed by atoms with Gasteiger partial charge in [0.15, 0.2) is 0 Å². The number of benzene rings is 1. The van der Waals surface area contributed by atoms with Crippen molar-refractivity contribution in [3.63, 3.8) is 0 Å². The zero-order valence-corrected chi connectivity index (χ0v) is 11.4. The Balaban J connectivity index is 2.17. The van der Waals surface area contributed by atoms with E-state index in [1.54, 1.807) is 13.2 Å². The van der Waals surface area contributed by atoms with Crippen LogP contribution in [0.15, 0.2) is 30.3 Å². The van der Waals surface area contributed by atoms with Gasteiger partial charge >= 0.3 is 0 Å². The highest BCUT2D eigenvalue weighted by atomic mass is 16.5. The monoisotopic (exact) mass is 258 g/mol. The van der Waals surface area contributed by atoms with Crippen LogP contribution in [0.25, 0.3) is 0 Å². The number of rotatable bonds is 4. The van der Waals surface area contributed by atoms with Crippen LogP contribution < -0.4 is 15.4 Å². The zero-order valence-electron chi connectivity index (χ0n) is 11.4. The lowest BCUT2D eigenvalue weighted by molar-refractivity contribution is 0.397. The minimum atomic E-state index is 0.213. The van der Waals surface area contributed by atoms with Crippen molar-refractivity contribution < 1.29 is 4.74 Å². The van der Waals surface area contributed by atoms with E-state index < -0.39 is 0 Å². The standard InChI is InChI=1S/C14H18N4O/c1-10-4-6-11(7-5-10)9-18(2)12-8-13(19-3)17-14(15)16-12/h4-8H,9H2,1-3H3,(H2,15,16,17). The van der Waals surface area contributed by atoms with Crippen LogP contribution >= 0.6 is 0 Å². The third-order valence-corrected chi connectivity index (χ3v) is 2.85. The first-order valence-electron chi connectivity index (χ1n) is 6.03. The third kappa shape index (κ3) is 3.34. The summed E-state index contributed by atoms with van der Waals surface area (Å²) in [5.74, 6) is 1.42. The maximum atomic E-state index is 5.66. The number of hydrogen-bond donors (Lipinski definition) is 1. The molecule has 0 fully saturated rings. The average molecular weight is 258 g/mol. The lowest BCUT2D eigenvalue weighted by atomic mass is 10.1. The summed E-state index contributed by atoms with van der Waals surface area (Å²) in [6, 6.07) is 10.2. The summed E-state index contributed by atoms with van der Waals surface area (Å²) in [6.07, 6.45) is 0. The van der Waals surface area contributed by atoms with E-state index in [0.717, 1.165) is 12.4 Å². The van der Waals surface area contributed by atoms with Crippen LogP contribution in [-0.4, -0.2) is 24.1 Å². The molecular formula is C14H18N4O. The van der Waals surface area contributed by atoms with Crippen LogP contribution in [0.1, 0.15) is 11.1 Å². The fourth-order valence-corrected chi connectivity index (χ4v) is 1.78. The Kier molecular flexibility index (Phi) is 3.85. The first-order valence-corrected chi connectivity index (χ1v) is 6.03. The van der Waals surface area contributed by atoms with Gasteiger partial charge in [-0.05, 0) is 12.5 Å². The number of aromatic nitrogens is 2. The predicted octanol–water partition coefficient (Wildman–Crippen LogP) is 2.01. The van der Waals surface area contributed by atoms with E-state index in [4.69, 9.17) is 10.5 Å². The van der Waals surface area contributed by atoms with Gasteiger partial charge in [0.05, 0.1) is 7.11 Å². The van der Waals surface area contributed by atoms with Gasteiger partial charge in [-0.1, -0.05) is 29.8 Å². The van der Waals surface area contributed by atoms with E-state index in [0.29, 0.717) is 5.88 Å². The smallest absolute Gasteiger partial charge is 0.225 e. The van der Waals surface area contributed by atoms with Crippen LogP contribution in [0.5, 0.6) is 5.88 Å². The van der Waals surface area contributed by atoms with Gasteiger partial charge in [-0.15, -0.1) is 0 Å². The Bertz CT molecular complexity index is 554. The molecule has 1 heterocycles. The zero-order chi connectivity index (χ0) is 13.8. The molecule has 0 aliphatic rings. The summed E-state index contributed by atoms with van der Waals surface area (Å²) in [5.41, 5.74) is 8.12. The fraction of sp³-hybridized carbons (Fsp3) is 0.286. The van der Waals surface area contributed by atoms with Crippen LogP contribution in [0.4, 0.5) is 11.8 Å². The lowest BCUT2D eigenvalue weighted by Gasteiger charge is -2.19. The van der Waals surface area contributed by atoms with Gasteiger partial charge in [-0.25, -0.2) is 0 Å². The van der Waals surface area contributed by atoms with Crippen LogP contribution in [0.2, 0.25) is 0 Å². The van der Waals surface area contributed by atoms with Crippen molar-refractivity contribution in [2.75, 3.05) is 24.8 Å². The van der Waals surface area contributed by atoms with E-state index in [1.165, 1.54) is 11.1 Å². The molecule has 5 heteroatoms. The summed E-state index contributed by atoms with van der Waals surface area (Å²) in [6.45, 7) is 2.82. The van der Waals surface area contributed by atoms with Crippen molar-refractivity contribution in [3.8, 4) is 5.88 Å². The first kappa shape index (κ1) is 13.1. The number of hydrogen-bond acceptors (Lipinski definition) is 5. The number of aryl methyl sites for hydroxylation is 1. The quantitative estimate of drug-likeness (QED) is 0.908. The largest absolute Gasteiger partial charge is 0.481 e. The summed E-state index contributed by atoms with van der Waals surface area (Å²) in [4.78, 5) is 10.2. The Morgan fingerprint density at radius 2 is 1.89 bits per heavy atom. The third-order valence-electron chi connectivity index (χ3n) is 2.85. The van der Waals surface area contributed by atoms with E-state index in [2.05, 4.69) is 41.2 Å². The van der Waals surface area contributed by atoms with E-state index in [-0.39, 0.29) is 5.95 Å². The molecule has 0 spiro atoms. The molecule has 0 atom stereocenters. The Labute approximate surface area is 113 Å². The van der Waals surface area contributed by atoms with Crippen LogP contribution in [0, 0.1) is 6.92 Å². The van der Waals surface area contributed by atoms with Gasteiger partial charge in [0.25, 0.3) is 0 Å². The fourth-order valence-electron chi connectivity index (χ4n) is 1.78. The second-order valence-corrected chi connectivity index (χ2v) is 4.47. The lowest BCUT2D eigenvalue weighted by Crippen LogP contribution is -2.18. The molecule has 19 heavy (non-hydrogen) atoms. The Morgan fingerprint density at radius 1 is 1.21 bits per heavy atom. The summed E-state index contributed by atoms with van der Waals surface area (Å²) in [7, 11) is 3.52. The summed E-state index contributed by atoms with van der Waals surface area (Å²) in [5, 5.41) is 0. The second-order valence-electron chi connectivity index (χ2n) is 4.47. The molecule has 100 valence electrons. The second kappa shape index (κ2) is 5.56. The highest BCUT2D eigenvalue weighted by molar-refractivity contribution is 5.45. The number of anilines is 2. The van der Waals surface area contributed by atoms with Crippen molar-refractivity contribution in [1.29, 1.82) is 0 Å². The number of nitrogen functional groups attached to an aromatic ring is 1. The summed E-state index contributed by atoms with van der Waals surface area (Å²) >= 11 is 0. The minimum Gasteiger partial charge on any atom is -0.481 e. The highest BCUT2D eigenvalue weighted by Gasteiger charge is 2.08. The molecule has 5 nitrogen and oxygen atoms in total. The predicted molar refractivity (Wildman–Crippen MR) is 76.3 cm³/mol.